The van der Waals surface area contributed by atoms with Gasteiger partial charge < -0.3 is 102 Å². The number of carboxylic acid groups (broad SMARTS) is 2. The SMILES string of the molecule is COC1C(OC)[C@H](O[C@H]2O[C@@H](COS(=O)(=O)O)[C@@H](O[C@@H]3OC(C(=O)O)[C@@H](O[C@H]4OC(COS(=O)(=O)O)[C@@H](OC)[C@H](OC)C4NC(=O)CCCCC4SCC5NC(=O)NC54)[C@H](OC)C3OC)C(OSOOO)C2OSOOO)[C@H](C(=O)O)O[C@H]1O[C@@H]1C(COS(=O)(=O)O)O[C@H](OC)C(OSOOO)[C@H]1OSOOO. The molecule has 7 aliphatic heterocycles. The number of amides is 3. The molecule has 61 heteroatoms. The monoisotopic (exact) mass is 1740 g/mol. The zero-order valence-electron chi connectivity index (χ0n) is 56.4. The molecule has 0 bridgehead atoms. The topological polar surface area (TPSA) is 675 Å². The highest BCUT2D eigenvalue weighted by atomic mass is 32.3. The minimum absolute atomic E-state index is 0.0376. The number of nitrogens with one attached hydrogen (secondary N) is 3. The van der Waals surface area contributed by atoms with E-state index < -0.39 is 222 Å². The predicted octanol–water partition coefficient (Wildman–Crippen LogP) is -2.80. The number of hydrogen-bond acceptors (Lipinski definition) is 50. The van der Waals surface area contributed by atoms with E-state index in [1.807, 2.05) is 0 Å². The van der Waals surface area contributed by atoms with Crippen LogP contribution in [0.3, 0.4) is 0 Å². The maximum absolute atomic E-state index is 14.0. The van der Waals surface area contributed by atoms with Gasteiger partial charge in [-0.3, -0.25) is 35.2 Å². The van der Waals surface area contributed by atoms with Crippen molar-refractivity contribution in [3.8, 4) is 0 Å². The van der Waals surface area contributed by atoms with Crippen LogP contribution < -0.4 is 16.0 Å². The molecule has 13 unspecified atom stereocenters. The summed E-state index contributed by atoms with van der Waals surface area (Å²) in [5, 5.41) is 81.4. The molecule has 7 aliphatic rings. The Balaban J connectivity index is 1.23. The van der Waals surface area contributed by atoms with Crippen LogP contribution in [0.5, 0.6) is 0 Å². The number of thioether (sulfide) groups is 1. The minimum Gasteiger partial charge on any atom is -0.479 e. The normalized spacial score (nSPS) is 36.8. The Morgan fingerprint density at radius 1 is 0.463 bits per heavy atom. The molecule has 7 heterocycles. The molecule has 0 aromatic carbocycles. The number of carboxylic acids is 2. The number of carbonyl (C=O) groups excluding carboxylic acids is 2. The largest absolute Gasteiger partial charge is 0.479 e. The Kier molecular flexibility index (Phi) is 38.5. The Morgan fingerprint density at radius 3 is 1.25 bits per heavy atom. The summed E-state index contributed by atoms with van der Waals surface area (Å²) in [5.74, 6) is -3.85. The average Bonchev–Trinajstić information content (AvgIpc) is 0.944. The number of urea groups is 1. The Bertz CT molecular complexity index is 3120. The van der Waals surface area contributed by atoms with Crippen molar-refractivity contribution in [2.45, 2.75) is 196 Å². The van der Waals surface area contributed by atoms with E-state index in [9.17, 15) is 78.8 Å². The lowest BCUT2D eigenvalue weighted by atomic mass is 9.94. The molecular weight excluding hydrogens is 1660 g/mol. The zero-order chi connectivity index (χ0) is 79.2. The molecule has 0 aliphatic carbocycles. The molecule has 7 fully saturated rings. The molecule has 0 saturated carbocycles. The molecule has 3 amide bonds. The van der Waals surface area contributed by atoms with E-state index >= 15 is 0 Å². The van der Waals surface area contributed by atoms with Gasteiger partial charge in [-0.2, -0.15) is 37.0 Å². The number of hydrogen-bond donors (Lipinski definition) is 12. The first-order valence-electron chi connectivity index (χ1n) is 30.5. The van der Waals surface area contributed by atoms with Gasteiger partial charge in [-0.25, -0.2) is 48.0 Å². The van der Waals surface area contributed by atoms with Crippen LogP contribution in [0.4, 0.5) is 4.79 Å². The minimum atomic E-state index is -5.59. The van der Waals surface area contributed by atoms with Gasteiger partial charge in [0.1, 0.15) is 97.6 Å². The van der Waals surface area contributed by atoms with E-state index in [2.05, 4.69) is 61.8 Å². The number of fused-ring (bicyclic) bond motifs is 1. The molecule has 7 saturated heterocycles. The summed E-state index contributed by atoms with van der Waals surface area (Å²) >= 11 is 0.782. The number of methoxy groups -OCH3 is 7. The lowest BCUT2D eigenvalue weighted by molar-refractivity contribution is -0.437. The molecule has 0 aromatic rings. The van der Waals surface area contributed by atoms with Crippen LogP contribution in [0.1, 0.15) is 25.7 Å². The van der Waals surface area contributed by atoms with Gasteiger partial charge in [0.2, 0.25) is 5.91 Å². The number of ether oxygens (including phenoxy) is 16. The van der Waals surface area contributed by atoms with E-state index in [0.717, 1.165) is 49.8 Å². The standard InChI is InChI=1S/C47H77N3O50S8/c1-70-24-17(12-77-106(61,62)63)80-42(23(27(24)71-2)49-21(51)11-9-8-10-20-22-16(15-101-20)48-47(56)50-22)85-30-28(72-3)36(74-5)44(87-34(30)40(52)53)84-26-19(14-79-108(67,68)69)82-46(39(92-105-100-96-60)33(26)90-103-98-94-58)86-31-29(73-4)37(75-6)45(88-35(31)41(54)55)83-25-18(13-78-107(64,65)66)81-43(76-7)38(91-104-99-95-59)32(25)89-102-97-93-57/h16-20,22-39,42-46,57-60H,8-15H2,1-7H3,(H,49,51)(H,52,53)(H,54,55)(H2,48,50,56)(H,61,62,63)(H,64,65,66)(H,67,68,69)/t16?,17?,18?,19-,20?,22?,23?,24+,25+,26+,27+,28-,29?,30-,31-,32-,33?,34?,35+,36?,37?,38?,39?,42+,43-,44+,45+,46+/m0/s1. The second-order valence-electron chi connectivity index (χ2n) is 22.7. The van der Waals surface area contributed by atoms with Crippen molar-refractivity contribution in [1.29, 1.82) is 0 Å². The fraction of sp³-hybridized carbons (Fsp3) is 0.915. The molecule has 28 atom stereocenters. The molecule has 0 aromatic heterocycles. The number of rotatable bonds is 48. The molecule has 0 spiro atoms. The predicted molar refractivity (Wildman–Crippen MR) is 337 cm³/mol. The van der Waals surface area contributed by atoms with Gasteiger partial charge in [-0.1, -0.05) is 26.6 Å². The van der Waals surface area contributed by atoms with Crippen LogP contribution in [0, 0.1) is 0 Å². The highest BCUT2D eigenvalue weighted by molar-refractivity contribution is 8.00. The zero-order valence-corrected chi connectivity index (χ0v) is 62.9. The molecule has 108 heavy (non-hydrogen) atoms. The summed E-state index contributed by atoms with van der Waals surface area (Å²) in [5.41, 5.74) is 0. The maximum Gasteiger partial charge on any atom is 0.397 e. The van der Waals surface area contributed by atoms with Gasteiger partial charge in [0.25, 0.3) is 0 Å². The molecule has 7 rings (SSSR count). The maximum atomic E-state index is 14.0. The summed E-state index contributed by atoms with van der Waals surface area (Å²) in [6, 6.07) is -2.01. The van der Waals surface area contributed by atoms with Crippen molar-refractivity contribution in [1.82, 2.24) is 16.0 Å². The van der Waals surface area contributed by atoms with Gasteiger partial charge in [-0.15, -0.1) is 17.3 Å². The third-order valence-corrected chi connectivity index (χ3v) is 21.2. The number of unbranched alkanes of at least 4 members (excludes halogenated alkanes) is 1. The second-order valence-corrected chi connectivity index (χ2v) is 29.1. The smallest absolute Gasteiger partial charge is 0.397 e. The summed E-state index contributed by atoms with van der Waals surface area (Å²) < 4.78 is 251. The summed E-state index contributed by atoms with van der Waals surface area (Å²) in [7, 11) is -8.87. The first kappa shape index (κ1) is 92.9. The quantitative estimate of drug-likeness (QED) is 0.00731. The molecular formula is C47H77N3O50S8. The van der Waals surface area contributed by atoms with E-state index in [1.54, 1.807) is 11.8 Å². The highest BCUT2D eigenvalue weighted by Crippen LogP contribution is 2.43. The van der Waals surface area contributed by atoms with Gasteiger partial charge in [0.05, 0.1) is 31.9 Å². The van der Waals surface area contributed by atoms with E-state index in [0.29, 0.717) is 25.0 Å². The average molecular weight is 1740 g/mol. The molecule has 53 nitrogen and oxygen atoms in total. The fourth-order valence-corrected chi connectivity index (χ4v) is 16.3. The van der Waals surface area contributed by atoms with Gasteiger partial charge in [0, 0.05) is 67.2 Å². The van der Waals surface area contributed by atoms with E-state index in [1.165, 1.54) is 0 Å². The fourth-order valence-electron chi connectivity index (χ4n) is 12.4. The van der Waals surface area contributed by atoms with Gasteiger partial charge in [0.15, 0.2) is 105 Å². The van der Waals surface area contributed by atoms with E-state index in [4.69, 9.17) is 107 Å². The van der Waals surface area contributed by atoms with Crippen molar-refractivity contribution < 1.29 is 232 Å². The van der Waals surface area contributed by atoms with Crippen molar-refractivity contribution in [2.24, 2.45) is 0 Å². The summed E-state index contributed by atoms with van der Waals surface area (Å²) in [6.07, 6.45) is -46.6. The molecule has 0 radical (unpaired) electrons. The van der Waals surface area contributed by atoms with Crippen molar-refractivity contribution >= 4 is 116 Å². The number of carbonyl (C=O) groups is 4. The first-order chi connectivity index (χ1) is 51.4. The van der Waals surface area contributed by atoms with Crippen molar-refractivity contribution in [3.63, 3.8) is 0 Å². The van der Waals surface area contributed by atoms with E-state index in [-0.39, 0.29) is 79.1 Å². The van der Waals surface area contributed by atoms with Crippen LogP contribution in [-0.4, -0.2) is 340 Å². The number of aliphatic carboxylic acids is 2. The molecule has 628 valence electrons. The Hall–Kier alpha value is -2.24. The third kappa shape index (κ3) is 25.9. The highest BCUT2D eigenvalue weighted by Gasteiger charge is 2.62. The first-order valence-corrected chi connectivity index (χ1v) is 38.4. The van der Waals surface area contributed by atoms with Gasteiger partial charge in [-0.05, 0) is 12.8 Å². The summed E-state index contributed by atoms with van der Waals surface area (Å²) in [4.78, 5) is 53.3. The lowest BCUT2D eigenvalue weighted by Gasteiger charge is -2.51. The third-order valence-electron chi connectivity index (χ3n) is 16.7. The van der Waals surface area contributed by atoms with Crippen molar-refractivity contribution in [2.75, 3.05) is 75.3 Å². The van der Waals surface area contributed by atoms with Crippen LogP contribution in [0.25, 0.3) is 0 Å². The van der Waals surface area contributed by atoms with Crippen LogP contribution >= 0.6 is 61.1 Å². The second kappa shape index (κ2) is 44.7. The Labute approximate surface area is 632 Å². The van der Waals surface area contributed by atoms with Crippen LogP contribution in [0.2, 0.25) is 0 Å². The molecule has 12 N–H and O–H groups in total. The summed E-state index contributed by atoms with van der Waals surface area (Å²) in [6.45, 7) is -3.68. The van der Waals surface area contributed by atoms with Crippen LogP contribution in [-0.2, 0) is 188 Å². The van der Waals surface area contributed by atoms with Gasteiger partial charge >= 0.3 is 49.2 Å². The lowest BCUT2D eigenvalue weighted by Crippen LogP contribution is -2.70. The van der Waals surface area contributed by atoms with Crippen molar-refractivity contribution in [3.05, 3.63) is 0 Å². The Morgan fingerprint density at radius 2 is 0.843 bits per heavy atom. The van der Waals surface area contributed by atoms with Crippen LogP contribution in [0.15, 0.2) is 0 Å².